The molecule has 0 aromatic heterocycles. The van der Waals surface area contributed by atoms with E-state index in [4.69, 9.17) is 5.73 Å². The van der Waals surface area contributed by atoms with Gasteiger partial charge in [-0.3, -0.25) is 0 Å². The molecular weight excluding hydrogens is 260 g/mol. The van der Waals surface area contributed by atoms with E-state index in [-0.39, 0.29) is 4.75 Å². The van der Waals surface area contributed by atoms with Gasteiger partial charge in [-0.05, 0) is 0 Å². The Bertz CT molecular complexity index is 449. The fraction of sp³-hybridized carbons (Fsp3) is 0.429. The summed E-state index contributed by atoms with van der Waals surface area (Å²) in [5, 5.41) is 0.922. The highest BCUT2D eigenvalue weighted by atomic mass is 32.2. The monoisotopic (exact) mass is 280 g/mol. The molecule has 1 aromatic carbocycles. The first kappa shape index (κ1) is 13.7. The molecular formula is C14H20N2S2. The van der Waals surface area contributed by atoms with Gasteiger partial charge in [-0.25, -0.2) is 0 Å². The van der Waals surface area contributed by atoms with Crippen LogP contribution in [-0.2, 0) is 0 Å². The highest BCUT2D eigenvalue weighted by molar-refractivity contribution is 8.19. The quantitative estimate of drug-likeness (QED) is 0.893. The summed E-state index contributed by atoms with van der Waals surface area (Å²) in [5.74, 6) is 0. The summed E-state index contributed by atoms with van der Waals surface area (Å²) in [7, 11) is 2.12. The SMILES string of the molecule is CN1C(c2ccccc2)=C(N)SC1SC(C)(C)C. The highest BCUT2D eigenvalue weighted by Crippen LogP contribution is 2.47. The van der Waals surface area contributed by atoms with Gasteiger partial charge >= 0.3 is 0 Å². The van der Waals surface area contributed by atoms with Crippen molar-refractivity contribution in [2.75, 3.05) is 7.05 Å². The van der Waals surface area contributed by atoms with Crippen LogP contribution in [0.1, 0.15) is 26.3 Å². The second-order valence-electron chi connectivity index (χ2n) is 5.34. The molecule has 2 rings (SSSR count). The summed E-state index contributed by atoms with van der Waals surface area (Å²) >= 11 is 3.69. The van der Waals surface area contributed by atoms with Gasteiger partial charge in [0.25, 0.3) is 0 Å². The summed E-state index contributed by atoms with van der Waals surface area (Å²) < 4.78 is 0.596. The lowest BCUT2D eigenvalue weighted by Crippen LogP contribution is -2.25. The topological polar surface area (TPSA) is 29.3 Å². The van der Waals surface area contributed by atoms with Gasteiger partial charge in [0.05, 0.1) is 10.7 Å². The molecule has 0 radical (unpaired) electrons. The van der Waals surface area contributed by atoms with Crippen LogP contribution in [-0.4, -0.2) is 21.4 Å². The van der Waals surface area contributed by atoms with Crippen molar-refractivity contribution in [1.29, 1.82) is 0 Å². The summed E-state index contributed by atoms with van der Waals surface area (Å²) in [6.07, 6.45) is 0. The first-order chi connectivity index (χ1) is 8.38. The van der Waals surface area contributed by atoms with E-state index in [1.807, 2.05) is 17.8 Å². The van der Waals surface area contributed by atoms with Crippen molar-refractivity contribution in [2.45, 2.75) is 30.2 Å². The number of benzene rings is 1. The van der Waals surface area contributed by atoms with Gasteiger partial charge in [0.15, 0.2) is 0 Å². The third-order valence-electron chi connectivity index (χ3n) is 2.63. The van der Waals surface area contributed by atoms with Crippen LogP contribution >= 0.6 is 23.5 Å². The van der Waals surface area contributed by atoms with Gasteiger partial charge in [-0.15, -0.1) is 11.8 Å². The number of nitrogens with zero attached hydrogens (tertiary/aromatic N) is 1. The molecule has 0 spiro atoms. The zero-order chi connectivity index (χ0) is 13.3. The highest BCUT2D eigenvalue weighted by Gasteiger charge is 2.32. The molecule has 2 nitrogen and oxygen atoms in total. The molecule has 1 aliphatic heterocycles. The maximum atomic E-state index is 6.20. The summed E-state index contributed by atoms with van der Waals surface area (Å²) in [6.45, 7) is 6.72. The average molecular weight is 280 g/mol. The Kier molecular flexibility index (Phi) is 3.87. The number of hydrogen-bond donors (Lipinski definition) is 1. The number of thioether (sulfide) groups is 2. The maximum Gasteiger partial charge on any atom is 0.128 e. The molecule has 18 heavy (non-hydrogen) atoms. The smallest absolute Gasteiger partial charge is 0.128 e. The second kappa shape index (κ2) is 5.10. The lowest BCUT2D eigenvalue weighted by Gasteiger charge is -2.29. The molecule has 4 heteroatoms. The van der Waals surface area contributed by atoms with Gasteiger partial charge in [0.1, 0.15) is 4.71 Å². The summed E-state index contributed by atoms with van der Waals surface area (Å²) in [6, 6.07) is 10.4. The largest absolute Gasteiger partial charge is 0.392 e. The Morgan fingerprint density at radius 3 is 2.39 bits per heavy atom. The van der Waals surface area contributed by atoms with E-state index >= 15 is 0 Å². The van der Waals surface area contributed by atoms with E-state index in [9.17, 15) is 0 Å². The van der Waals surface area contributed by atoms with Crippen molar-refractivity contribution in [3.63, 3.8) is 0 Å². The minimum absolute atomic E-state index is 0.234. The number of nitrogens with two attached hydrogens (primary N) is 1. The van der Waals surface area contributed by atoms with E-state index in [1.165, 1.54) is 5.56 Å². The van der Waals surface area contributed by atoms with Crippen LogP contribution in [0, 0.1) is 0 Å². The average Bonchev–Trinajstić information content (AvgIpc) is 2.53. The van der Waals surface area contributed by atoms with Crippen LogP contribution in [0.5, 0.6) is 0 Å². The molecule has 1 aliphatic rings. The molecule has 0 aliphatic carbocycles. The zero-order valence-electron chi connectivity index (χ0n) is 11.3. The van der Waals surface area contributed by atoms with Crippen molar-refractivity contribution in [3.05, 3.63) is 40.9 Å². The molecule has 1 atom stereocenters. The van der Waals surface area contributed by atoms with E-state index < -0.39 is 0 Å². The van der Waals surface area contributed by atoms with Crippen LogP contribution in [0.4, 0.5) is 0 Å². The molecule has 2 N–H and O–H groups in total. The molecule has 0 bridgehead atoms. The Morgan fingerprint density at radius 2 is 1.83 bits per heavy atom. The Morgan fingerprint density at radius 1 is 1.22 bits per heavy atom. The molecule has 0 fully saturated rings. The van der Waals surface area contributed by atoms with Gasteiger partial charge in [0, 0.05) is 17.4 Å². The van der Waals surface area contributed by atoms with Gasteiger partial charge in [-0.1, -0.05) is 62.9 Å². The lowest BCUT2D eigenvalue weighted by atomic mass is 10.1. The first-order valence-electron chi connectivity index (χ1n) is 6.01. The van der Waals surface area contributed by atoms with E-state index in [2.05, 4.69) is 57.0 Å². The normalized spacial score (nSPS) is 20.7. The maximum absolute atomic E-state index is 6.20. The number of rotatable bonds is 2. The minimum atomic E-state index is 0.234. The van der Waals surface area contributed by atoms with Crippen LogP contribution in [0.3, 0.4) is 0 Å². The fourth-order valence-electron chi connectivity index (χ4n) is 1.87. The van der Waals surface area contributed by atoms with Gasteiger partial charge in [0.2, 0.25) is 0 Å². The van der Waals surface area contributed by atoms with Crippen molar-refractivity contribution in [1.82, 2.24) is 4.90 Å². The fourth-order valence-corrected chi connectivity index (χ4v) is 4.96. The van der Waals surface area contributed by atoms with Crippen molar-refractivity contribution >= 4 is 29.2 Å². The van der Waals surface area contributed by atoms with Crippen LogP contribution < -0.4 is 5.73 Å². The molecule has 0 amide bonds. The molecule has 98 valence electrons. The predicted octanol–water partition coefficient (Wildman–Crippen LogP) is 3.77. The van der Waals surface area contributed by atoms with E-state index in [0.29, 0.717) is 4.71 Å². The second-order valence-corrected chi connectivity index (χ2v) is 8.67. The van der Waals surface area contributed by atoms with Crippen LogP contribution in [0.15, 0.2) is 35.4 Å². The summed E-state index contributed by atoms with van der Waals surface area (Å²) in [4.78, 5) is 2.28. The Labute approximate surface area is 118 Å². The van der Waals surface area contributed by atoms with Crippen molar-refractivity contribution in [2.24, 2.45) is 5.73 Å². The lowest BCUT2D eigenvalue weighted by molar-refractivity contribution is 0.544. The zero-order valence-corrected chi connectivity index (χ0v) is 12.9. The number of hydrogen-bond acceptors (Lipinski definition) is 4. The molecule has 1 aromatic rings. The van der Waals surface area contributed by atoms with E-state index in [0.717, 1.165) is 10.7 Å². The first-order valence-corrected chi connectivity index (χ1v) is 7.77. The summed E-state index contributed by atoms with van der Waals surface area (Å²) in [5.41, 5.74) is 8.55. The van der Waals surface area contributed by atoms with Crippen LogP contribution in [0.2, 0.25) is 0 Å². The molecule has 1 unspecified atom stereocenters. The third kappa shape index (κ3) is 2.98. The van der Waals surface area contributed by atoms with Crippen LogP contribution in [0.25, 0.3) is 5.70 Å². The van der Waals surface area contributed by atoms with E-state index in [1.54, 1.807) is 11.8 Å². The van der Waals surface area contributed by atoms with Crippen molar-refractivity contribution in [3.8, 4) is 0 Å². The Hall–Kier alpha value is -0.740. The van der Waals surface area contributed by atoms with Gasteiger partial charge in [-0.2, -0.15) is 0 Å². The predicted molar refractivity (Wildman–Crippen MR) is 84.0 cm³/mol. The minimum Gasteiger partial charge on any atom is -0.392 e. The molecule has 0 saturated heterocycles. The molecule has 1 heterocycles. The molecule has 0 saturated carbocycles. The van der Waals surface area contributed by atoms with Crippen molar-refractivity contribution < 1.29 is 0 Å². The van der Waals surface area contributed by atoms with Gasteiger partial charge < -0.3 is 10.6 Å². The Balaban J connectivity index is 2.21. The standard InChI is InChI=1S/C14H20N2S2/c1-14(2,3)18-13-16(4)11(12(15)17-13)10-8-6-5-7-9-10/h5-9,13H,15H2,1-4H3. The third-order valence-corrected chi connectivity index (χ3v) is 5.40.